The van der Waals surface area contributed by atoms with Crippen molar-refractivity contribution in [1.29, 1.82) is 0 Å². The molecular formula is C34H68N2O6. The van der Waals surface area contributed by atoms with Crippen molar-refractivity contribution in [1.82, 2.24) is 5.32 Å². The zero-order valence-electron chi connectivity index (χ0n) is 27.9. The van der Waals surface area contributed by atoms with Crippen molar-refractivity contribution in [2.45, 2.75) is 163 Å². The van der Waals surface area contributed by atoms with Crippen LogP contribution < -0.4 is 11.1 Å². The lowest BCUT2D eigenvalue weighted by molar-refractivity contribution is -0.144. The average molecular weight is 601 g/mol. The number of hydrogen-bond acceptors (Lipinski definition) is 6. The van der Waals surface area contributed by atoms with E-state index in [2.05, 4.69) is 33.0 Å². The molecule has 0 aliphatic rings. The first-order chi connectivity index (χ1) is 20.2. The quantitative estimate of drug-likeness (QED) is 0.0604. The van der Waals surface area contributed by atoms with E-state index in [-0.39, 0.29) is 11.9 Å². The molecule has 42 heavy (non-hydrogen) atoms. The molecule has 0 aliphatic heterocycles. The normalized spacial score (nSPS) is 10.8. The SMILES string of the molecule is CC(C)CCCCCCCCOC(=O)CCCCCNC(=O)O.CC(C)CCCCCCCCOC(=O)CCCCN. The molecule has 0 aromatic rings. The Morgan fingerprint density at radius 2 is 0.952 bits per heavy atom. The van der Waals surface area contributed by atoms with Crippen molar-refractivity contribution in [3.63, 3.8) is 0 Å². The van der Waals surface area contributed by atoms with Crippen molar-refractivity contribution in [3.8, 4) is 0 Å². The Labute approximate surface area is 258 Å². The largest absolute Gasteiger partial charge is 0.466 e. The monoisotopic (exact) mass is 601 g/mol. The van der Waals surface area contributed by atoms with Crippen LogP contribution in [0, 0.1) is 11.8 Å². The van der Waals surface area contributed by atoms with Gasteiger partial charge in [-0.25, -0.2) is 4.79 Å². The molecule has 0 rings (SSSR count). The zero-order valence-corrected chi connectivity index (χ0v) is 27.9. The van der Waals surface area contributed by atoms with Crippen LogP contribution in [0.2, 0.25) is 0 Å². The third-order valence-electron chi connectivity index (χ3n) is 7.05. The van der Waals surface area contributed by atoms with Crippen LogP contribution >= 0.6 is 0 Å². The Kier molecular flexibility index (Phi) is 33.9. The standard InChI is InChI=1S/C18H35NO4.C16H33NO2/c1-16(2)12-8-5-3-4-6-11-15-23-17(20)13-9-7-10-14-19-18(21)22;1-15(2)11-7-5-3-4-6-10-14-19-16(18)12-8-9-13-17/h16,19H,3-15H2,1-2H3,(H,21,22);15H,3-14,17H2,1-2H3. The first-order valence-electron chi connectivity index (χ1n) is 17.2. The molecule has 0 aromatic carbocycles. The molecule has 0 radical (unpaired) electrons. The Hall–Kier alpha value is -1.83. The van der Waals surface area contributed by atoms with Gasteiger partial charge in [0, 0.05) is 19.4 Å². The molecule has 0 fully saturated rings. The third-order valence-corrected chi connectivity index (χ3v) is 7.05. The van der Waals surface area contributed by atoms with Crippen LogP contribution in [0.3, 0.4) is 0 Å². The minimum Gasteiger partial charge on any atom is -0.466 e. The molecule has 4 N–H and O–H groups in total. The smallest absolute Gasteiger partial charge is 0.404 e. The van der Waals surface area contributed by atoms with Gasteiger partial charge in [0.1, 0.15) is 0 Å². The van der Waals surface area contributed by atoms with E-state index < -0.39 is 6.09 Å². The Balaban J connectivity index is 0. The number of nitrogens with two attached hydrogens (primary N) is 1. The minimum atomic E-state index is -0.996. The molecule has 0 unspecified atom stereocenters. The van der Waals surface area contributed by atoms with Crippen molar-refractivity contribution in [3.05, 3.63) is 0 Å². The topological polar surface area (TPSA) is 128 Å². The summed E-state index contributed by atoms with van der Waals surface area (Å²) in [6.45, 7) is 11.3. The van der Waals surface area contributed by atoms with Crippen molar-refractivity contribution in [2.75, 3.05) is 26.3 Å². The van der Waals surface area contributed by atoms with Crippen LogP contribution in [0.4, 0.5) is 4.79 Å². The molecule has 8 heteroatoms. The van der Waals surface area contributed by atoms with Crippen LogP contribution in [-0.2, 0) is 19.1 Å². The molecular weight excluding hydrogens is 532 g/mol. The fraction of sp³-hybridized carbons (Fsp3) is 0.912. The number of carbonyl (C=O) groups is 3. The number of esters is 2. The number of hydrogen-bond donors (Lipinski definition) is 3. The van der Waals surface area contributed by atoms with Gasteiger partial charge in [-0.2, -0.15) is 0 Å². The van der Waals surface area contributed by atoms with E-state index in [4.69, 9.17) is 20.3 Å². The van der Waals surface area contributed by atoms with Crippen molar-refractivity contribution in [2.24, 2.45) is 17.6 Å². The molecule has 0 bridgehead atoms. The Morgan fingerprint density at radius 3 is 1.36 bits per heavy atom. The molecule has 0 atom stereocenters. The highest BCUT2D eigenvalue weighted by Gasteiger charge is 2.04. The summed E-state index contributed by atoms with van der Waals surface area (Å²) in [6.07, 6.45) is 21.5. The van der Waals surface area contributed by atoms with Gasteiger partial charge >= 0.3 is 18.0 Å². The zero-order chi connectivity index (χ0) is 31.7. The number of nitrogens with one attached hydrogen (secondary N) is 1. The number of unbranched alkanes of at least 4 members (excludes halogenated alkanes) is 13. The Bertz CT molecular complexity index is 613. The predicted molar refractivity (Wildman–Crippen MR) is 174 cm³/mol. The van der Waals surface area contributed by atoms with Gasteiger partial charge in [-0.1, -0.05) is 111 Å². The molecule has 1 amide bonds. The summed E-state index contributed by atoms with van der Waals surface area (Å²) >= 11 is 0. The minimum absolute atomic E-state index is 0.0645. The number of ether oxygens (including phenoxy) is 2. The molecule has 8 nitrogen and oxygen atoms in total. The maximum atomic E-state index is 11.5. The van der Waals surface area contributed by atoms with Crippen LogP contribution in [0.5, 0.6) is 0 Å². The summed E-state index contributed by atoms with van der Waals surface area (Å²) in [5, 5.41) is 10.7. The summed E-state index contributed by atoms with van der Waals surface area (Å²) in [7, 11) is 0. The molecule has 0 heterocycles. The van der Waals surface area contributed by atoms with Gasteiger partial charge < -0.3 is 25.6 Å². The first-order valence-corrected chi connectivity index (χ1v) is 17.2. The van der Waals surface area contributed by atoms with E-state index in [0.29, 0.717) is 39.1 Å². The van der Waals surface area contributed by atoms with Crippen LogP contribution in [0.25, 0.3) is 0 Å². The van der Waals surface area contributed by atoms with E-state index in [0.717, 1.165) is 63.2 Å². The van der Waals surface area contributed by atoms with E-state index in [1.807, 2.05) is 0 Å². The summed E-state index contributed by atoms with van der Waals surface area (Å²) in [5.74, 6) is 1.44. The van der Waals surface area contributed by atoms with Gasteiger partial charge in [0.25, 0.3) is 0 Å². The first kappa shape index (κ1) is 42.3. The fourth-order valence-corrected chi connectivity index (χ4v) is 4.42. The summed E-state index contributed by atoms with van der Waals surface area (Å²) in [4.78, 5) is 33.0. The number of carbonyl (C=O) groups excluding carboxylic acids is 2. The molecule has 0 aliphatic carbocycles. The molecule has 0 aromatic heterocycles. The van der Waals surface area contributed by atoms with Crippen molar-refractivity contribution < 1.29 is 29.0 Å². The number of rotatable bonds is 28. The van der Waals surface area contributed by atoms with Crippen LogP contribution in [0.15, 0.2) is 0 Å². The number of amides is 1. The van der Waals surface area contributed by atoms with Gasteiger partial charge in [0.2, 0.25) is 0 Å². The summed E-state index contributed by atoms with van der Waals surface area (Å²) < 4.78 is 10.4. The van der Waals surface area contributed by atoms with Gasteiger partial charge in [0.05, 0.1) is 13.2 Å². The third kappa shape index (κ3) is 40.3. The second kappa shape index (κ2) is 33.7. The van der Waals surface area contributed by atoms with Gasteiger partial charge in [-0.3, -0.25) is 9.59 Å². The van der Waals surface area contributed by atoms with E-state index in [1.165, 1.54) is 70.6 Å². The van der Waals surface area contributed by atoms with E-state index in [9.17, 15) is 14.4 Å². The second-order valence-corrected chi connectivity index (χ2v) is 12.3. The maximum Gasteiger partial charge on any atom is 0.404 e. The van der Waals surface area contributed by atoms with Gasteiger partial charge in [-0.15, -0.1) is 0 Å². The lowest BCUT2D eigenvalue weighted by Gasteiger charge is -2.06. The summed E-state index contributed by atoms with van der Waals surface area (Å²) in [5.41, 5.74) is 5.37. The highest BCUT2D eigenvalue weighted by atomic mass is 16.5. The van der Waals surface area contributed by atoms with Crippen molar-refractivity contribution >= 4 is 18.0 Å². The molecule has 0 saturated heterocycles. The van der Waals surface area contributed by atoms with Crippen LogP contribution in [-0.4, -0.2) is 49.4 Å². The van der Waals surface area contributed by atoms with Gasteiger partial charge in [-0.05, 0) is 56.9 Å². The summed E-state index contributed by atoms with van der Waals surface area (Å²) in [6, 6.07) is 0. The molecule has 250 valence electrons. The van der Waals surface area contributed by atoms with E-state index in [1.54, 1.807) is 0 Å². The molecule has 0 saturated carbocycles. The van der Waals surface area contributed by atoms with Gasteiger partial charge in [0.15, 0.2) is 0 Å². The van der Waals surface area contributed by atoms with Crippen LogP contribution in [0.1, 0.15) is 163 Å². The van der Waals surface area contributed by atoms with E-state index >= 15 is 0 Å². The average Bonchev–Trinajstić information content (AvgIpc) is 2.93. The highest BCUT2D eigenvalue weighted by molar-refractivity contribution is 5.69. The lowest BCUT2D eigenvalue weighted by Crippen LogP contribution is -2.21. The predicted octanol–water partition coefficient (Wildman–Crippen LogP) is 8.79. The maximum absolute atomic E-state index is 11.5. The Morgan fingerprint density at radius 1 is 0.571 bits per heavy atom. The second-order valence-electron chi connectivity index (χ2n) is 12.3. The highest BCUT2D eigenvalue weighted by Crippen LogP contribution is 2.12. The fourth-order valence-electron chi connectivity index (χ4n) is 4.42. The number of carboxylic acid groups (broad SMARTS) is 1. The lowest BCUT2D eigenvalue weighted by atomic mass is 10.0. The molecule has 0 spiro atoms.